The smallest absolute Gasteiger partial charge is 0.348 e. The lowest BCUT2D eigenvalue weighted by atomic mass is 10.2. The highest BCUT2D eigenvalue weighted by atomic mass is 32.2. The summed E-state index contributed by atoms with van der Waals surface area (Å²) in [6.07, 6.45) is 2.12. The van der Waals surface area contributed by atoms with Crippen LogP contribution in [0.25, 0.3) is 10.1 Å². The number of nitrogens with zero attached hydrogens (tertiary/aromatic N) is 1. The summed E-state index contributed by atoms with van der Waals surface area (Å²) in [5, 5.41) is 0.960. The lowest BCUT2D eigenvalue weighted by Gasteiger charge is -2.28. The maximum Gasteiger partial charge on any atom is 0.348 e. The van der Waals surface area contributed by atoms with Gasteiger partial charge in [0, 0.05) is 17.3 Å². The van der Waals surface area contributed by atoms with Crippen molar-refractivity contribution < 1.29 is 22.7 Å². The highest BCUT2D eigenvalue weighted by Crippen LogP contribution is 2.26. The zero-order chi connectivity index (χ0) is 19.4. The Hall–Kier alpha value is -1.93. The van der Waals surface area contributed by atoms with E-state index in [0.717, 1.165) is 22.9 Å². The van der Waals surface area contributed by atoms with Crippen molar-refractivity contribution in [3.8, 4) is 0 Å². The van der Waals surface area contributed by atoms with Crippen LogP contribution in [-0.4, -0.2) is 55.9 Å². The van der Waals surface area contributed by atoms with Crippen molar-refractivity contribution >= 4 is 43.1 Å². The van der Waals surface area contributed by atoms with Crippen LogP contribution in [0.1, 0.15) is 35.9 Å². The molecule has 1 aromatic carbocycles. The van der Waals surface area contributed by atoms with E-state index in [1.807, 2.05) is 31.2 Å². The number of carbonyl (C=O) groups excluding carboxylic acids is 2. The van der Waals surface area contributed by atoms with E-state index < -0.39 is 15.8 Å². The molecule has 1 amide bonds. The van der Waals surface area contributed by atoms with E-state index >= 15 is 0 Å². The van der Waals surface area contributed by atoms with Gasteiger partial charge in [-0.05, 0) is 30.4 Å². The van der Waals surface area contributed by atoms with Crippen molar-refractivity contribution in [3.05, 3.63) is 35.2 Å². The van der Waals surface area contributed by atoms with Crippen LogP contribution in [0.3, 0.4) is 0 Å². The van der Waals surface area contributed by atoms with Crippen molar-refractivity contribution in [2.45, 2.75) is 32.2 Å². The minimum atomic E-state index is -3.09. The van der Waals surface area contributed by atoms with Gasteiger partial charge in [0.2, 0.25) is 0 Å². The Morgan fingerprint density at radius 2 is 2.07 bits per heavy atom. The fourth-order valence-electron chi connectivity index (χ4n) is 3.22. The molecule has 3 rings (SSSR count). The van der Waals surface area contributed by atoms with Gasteiger partial charge in [-0.2, -0.15) is 0 Å². The number of fused-ring (bicyclic) bond motifs is 1. The second-order valence-corrected chi connectivity index (χ2v) is 10.0. The Labute approximate surface area is 163 Å². The zero-order valence-electron chi connectivity index (χ0n) is 15.2. The number of rotatable bonds is 7. The van der Waals surface area contributed by atoms with Crippen LogP contribution in [-0.2, 0) is 19.4 Å². The van der Waals surface area contributed by atoms with Crippen molar-refractivity contribution in [3.63, 3.8) is 0 Å². The minimum absolute atomic E-state index is 0.00723. The van der Waals surface area contributed by atoms with E-state index in [1.165, 1.54) is 11.3 Å². The standard InChI is InChI=1S/C19H23NO5S2/c1-2-3-9-20(15-8-10-27(23,24)13-15)18(21)12-25-19(22)17-11-14-6-4-5-7-16(14)26-17/h4-7,11,15H,2-3,8-10,12-13H2,1H3/t15-/m1/s1. The third kappa shape index (κ3) is 4.87. The van der Waals surface area contributed by atoms with Crippen molar-refractivity contribution in [1.82, 2.24) is 4.90 Å². The SMILES string of the molecule is CCCCN(C(=O)COC(=O)c1cc2ccccc2s1)[C@@H]1CCS(=O)(=O)C1. The van der Waals surface area contributed by atoms with Gasteiger partial charge in [-0.15, -0.1) is 11.3 Å². The summed E-state index contributed by atoms with van der Waals surface area (Å²) in [4.78, 5) is 26.9. The Bertz CT molecular complexity index is 901. The third-order valence-corrected chi connectivity index (χ3v) is 7.52. The van der Waals surface area contributed by atoms with E-state index in [0.29, 0.717) is 17.8 Å². The molecule has 1 atom stereocenters. The van der Waals surface area contributed by atoms with Crippen LogP contribution >= 0.6 is 11.3 Å². The molecule has 0 N–H and O–H groups in total. The molecular formula is C19H23NO5S2. The van der Waals surface area contributed by atoms with Crippen molar-refractivity contribution in [1.29, 1.82) is 0 Å². The second-order valence-electron chi connectivity index (χ2n) is 6.72. The number of carbonyl (C=O) groups is 2. The quantitative estimate of drug-likeness (QED) is 0.657. The number of sulfone groups is 1. The van der Waals surface area contributed by atoms with E-state index in [1.54, 1.807) is 11.0 Å². The Balaban J connectivity index is 1.63. The van der Waals surface area contributed by atoms with Gasteiger partial charge in [0.15, 0.2) is 16.4 Å². The maximum absolute atomic E-state index is 12.6. The predicted octanol–water partition coefficient (Wildman–Crippen LogP) is 2.87. The average molecular weight is 410 g/mol. The Morgan fingerprint density at radius 1 is 1.30 bits per heavy atom. The van der Waals surface area contributed by atoms with Crippen LogP contribution in [0.2, 0.25) is 0 Å². The molecule has 0 radical (unpaired) electrons. The van der Waals surface area contributed by atoms with Gasteiger partial charge in [0.05, 0.1) is 11.5 Å². The molecule has 2 heterocycles. The molecule has 2 aromatic rings. The van der Waals surface area contributed by atoms with Gasteiger partial charge in [-0.3, -0.25) is 4.79 Å². The number of benzene rings is 1. The molecule has 0 unspecified atom stereocenters. The average Bonchev–Trinajstić information content (AvgIpc) is 3.23. The van der Waals surface area contributed by atoms with E-state index in [4.69, 9.17) is 4.74 Å². The Morgan fingerprint density at radius 3 is 2.74 bits per heavy atom. The molecule has 6 nitrogen and oxygen atoms in total. The van der Waals surface area contributed by atoms with Crippen LogP contribution in [0.4, 0.5) is 0 Å². The first-order chi connectivity index (χ1) is 12.9. The van der Waals surface area contributed by atoms with Crippen LogP contribution < -0.4 is 0 Å². The molecule has 0 spiro atoms. The molecule has 0 saturated carbocycles. The maximum atomic E-state index is 12.6. The summed E-state index contributed by atoms with van der Waals surface area (Å²) >= 11 is 1.33. The van der Waals surface area contributed by atoms with E-state index in [2.05, 4.69) is 0 Å². The molecule has 1 aliphatic heterocycles. The second kappa shape index (κ2) is 8.39. The first-order valence-corrected chi connectivity index (χ1v) is 11.7. The van der Waals surface area contributed by atoms with Gasteiger partial charge in [0.25, 0.3) is 5.91 Å². The number of thiophene rings is 1. The third-order valence-electron chi connectivity index (χ3n) is 4.68. The largest absolute Gasteiger partial charge is 0.451 e. The number of unbranched alkanes of at least 4 members (excludes halogenated alkanes) is 1. The monoisotopic (exact) mass is 409 g/mol. The van der Waals surface area contributed by atoms with E-state index in [-0.39, 0.29) is 30.1 Å². The molecule has 1 fully saturated rings. The van der Waals surface area contributed by atoms with E-state index in [9.17, 15) is 18.0 Å². The number of esters is 1. The molecule has 0 bridgehead atoms. The first-order valence-electron chi connectivity index (χ1n) is 9.05. The molecule has 8 heteroatoms. The molecule has 1 aliphatic rings. The lowest BCUT2D eigenvalue weighted by Crippen LogP contribution is -2.43. The molecule has 1 saturated heterocycles. The van der Waals surface area contributed by atoms with Crippen LogP contribution in [0.5, 0.6) is 0 Å². The summed E-state index contributed by atoms with van der Waals surface area (Å²) in [6.45, 7) is 2.12. The number of ether oxygens (including phenoxy) is 1. The number of hydrogen-bond acceptors (Lipinski definition) is 6. The number of hydrogen-bond donors (Lipinski definition) is 0. The van der Waals surface area contributed by atoms with Gasteiger partial charge in [0.1, 0.15) is 4.88 Å². The Kier molecular flexibility index (Phi) is 6.16. The van der Waals surface area contributed by atoms with Gasteiger partial charge >= 0.3 is 5.97 Å². The van der Waals surface area contributed by atoms with Gasteiger partial charge in [-0.1, -0.05) is 31.5 Å². The molecule has 0 aliphatic carbocycles. The van der Waals surface area contributed by atoms with Gasteiger partial charge in [-0.25, -0.2) is 13.2 Å². The summed E-state index contributed by atoms with van der Waals surface area (Å²) in [5.74, 6) is -0.763. The van der Waals surface area contributed by atoms with Crippen LogP contribution in [0, 0.1) is 0 Å². The summed E-state index contributed by atoms with van der Waals surface area (Å²) in [6, 6.07) is 9.08. The summed E-state index contributed by atoms with van der Waals surface area (Å²) in [7, 11) is -3.09. The van der Waals surface area contributed by atoms with Crippen LogP contribution in [0.15, 0.2) is 30.3 Å². The normalized spacial score (nSPS) is 18.5. The van der Waals surface area contributed by atoms with Crippen molar-refractivity contribution in [2.75, 3.05) is 24.7 Å². The lowest BCUT2D eigenvalue weighted by molar-refractivity contribution is -0.136. The molecule has 1 aromatic heterocycles. The predicted molar refractivity (Wildman–Crippen MR) is 106 cm³/mol. The zero-order valence-corrected chi connectivity index (χ0v) is 16.9. The van der Waals surface area contributed by atoms with Gasteiger partial charge < -0.3 is 9.64 Å². The summed E-state index contributed by atoms with van der Waals surface area (Å²) < 4.78 is 29.7. The first kappa shape index (κ1) is 19.8. The minimum Gasteiger partial charge on any atom is -0.451 e. The molecule has 146 valence electrons. The van der Waals surface area contributed by atoms with Crippen molar-refractivity contribution in [2.24, 2.45) is 0 Å². The molecule has 27 heavy (non-hydrogen) atoms. The highest BCUT2D eigenvalue weighted by molar-refractivity contribution is 7.91. The highest BCUT2D eigenvalue weighted by Gasteiger charge is 2.34. The fourth-order valence-corrected chi connectivity index (χ4v) is 5.91. The fraction of sp³-hybridized carbons (Fsp3) is 0.474. The summed E-state index contributed by atoms with van der Waals surface area (Å²) in [5.41, 5.74) is 0. The number of amides is 1. The molecular weight excluding hydrogens is 386 g/mol. The topological polar surface area (TPSA) is 80.8 Å².